The van der Waals surface area contributed by atoms with Crippen LogP contribution >= 0.6 is 11.6 Å². The van der Waals surface area contributed by atoms with Crippen molar-refractivity contribution in [2.24, 2.45) is 0 Å². The summed E-state index contributed by atoms with van der Waals surface area (Å²) in [6.07, 6.45) is 1.42. The molecule has 2 aromatic rings. The number of carboxylic acids is 1. The Balaban J connectivity index is 2.47. The summed E-state index contributed by atoms with van der Waals surface area (Å²) in [5.41, 5.74) is 7.17. The lowest BCUT2D eigenvalue weighted by molar-refractivity contribution is -0.137. The molecule has 0 aliphatic carbocycles. The van der Waals surface area contributed by atoms with Crippen LogP contribution in [0.3, 0.4) is 0 Å². The van der Waals surface area contributed by atoms with Crippen molar-refractivity contribution in [2.75, 3.05) is 5.73 Å². The van der Waals surface area contributed by atoms with Crippen molar-refractivity contribution < 1.29 is 9.90 Å². The van der Waals surface area contributed by atoms with Crippen molar-refractivity contribution in [3.05, 3.63) is 51.9 Å². The Labute approximate surface area is 113 Å². The maximum Gasteiger partial charge on any atom is 0.323 e. The number of nitrogens with two attached hydrogens (primary N) is 1. The molecule has 0 saturated carbocycles. The van der Waals surface area contributed by atoms with Crippen molar-refractivity contribution in [2.45, 2.75) is 6.54 Å². The molecule has 0 radical (unpaired) electrons. The van der Waals surface area contributed by atoms with Gasteiger partial charge in [0.05, 0.1) is 0 Å². The van der Waals surface area contributed by atoms with E-state index in [1.54, 1.807) is 24.3 Å². The van der Waals surface area contributed by atoms with E-state index in [0.717, 1.165) is 4.57 Å². The molecule has 0 amide bonds. The van der Waals surface area contributed by atoms with Gasteiger partial charge in [-0.3, -0.25) is 9.59 Å². The van der Waals surface area contributed by atoms with Gasteiger partial charge in [-0.05, 0) is 29.8 Å². The lowest BCUT2D eigenvalue weighted by Gasteiger charge is -2.08. The second-order valence-electron chi connectivity index (χ2n) is 4.01. The number of hydrogen-bond donors (Lipinski definition) is 2. The molecule has 0 unspecified atom stereocenters. The van der Waals surface area contributed by atoms with Crippen LogP contribution in [0.5, 0.6) is 0 Å². The van der Waals surface area contributed by atoms with E-state index in [1.165, 1.54) is 12.3 Å². The molecule has 5 nitrogen and oxygen atoms in total. The summed E-state index contributed by atoms with van der Waals surface area (Å²) in [6.45, 7) is -0.371. The molecular weight excluding hydrogens is 268 g/mol. The van der Waals surface area contributed by atoms with Gasteiger partial charge in [0, 0.05) is 28.5 Å². The summed E-state index contributed by atoms with van der Waals surface area (Å²) >= 11 is 5.89. The first kappa shape index (κ1) is 13.2. The predicted octanol–water partition coefficient (Wildman–Crippen LogP) is 1.84. The third kappa shape index (κ3) is 2.95. The minimum Gasteiger partial charge on any atom is -0.480 e. The largest absolute Gasteiger partial charge is 0.480 e. The number of halogens is 1. The summed E-state index contributed by atoms with van der Waals surface area (Å²) in [4.78, 5) is 22.3. The highest BCUT2D eigenvalue weighted by molar-refractivity contribution is 6.31. The topological polar surface area (TPSA) is 85.3 Å². The molecule has 0 atom stereocenters. The number of carboxylic acid groups (broad SMARTS) is 1. The molecule has 98 valence electrons. The third-order valence-corrected chi connectivity index (χ3v) is 2.86. The third-order valence-electron chi connectivity index (χ3n) is 2.63. The van der Waals surface area contributed by atoms with Crippen molar-refractivity contribution in [3.63, 3.8) is 0 Å². The van der Waals surface area contributed by atoms with E-state index in [-0.39, 0.29) is 6.54 Å². The van der Waals surface area contributed by atoms with E-state index in [0.29, 0.717) is 21.8 Å². The number of benzene rings is 1. The zero-order chi connectivity index (χ0) is 14.0. The molecular formula is C13H11ClN2O3. The van der Waals surface area contributed by atoms with Gasteiger partial charge in [-0.1, -0.05) is 11.6 Å². The molecule has 1 aromatic heterocycles. The van der Waals surface area contributed by atoms with Crippen molar-refractivity contribution in [1.29, 1.82) is 0 Å². The molecule has 3 N–H and O–H groups in total. The second-order valence-corrected chi connectivity index (χ2v) is 4.44. The highest BCUT2D eigenvalue weighted by Gasteiger charge is 2.07. The number of nitrogen functional groups attached to an aromatic ring is 1. The van der Waals surface area contributed by atoms with Gasteiger partial charge in [0.1, 0.15) is 6.54 Å². The van der Waals surface area contributed by atoms with Crippen LogP contribution in [0, 0.1) is 0 Å². The Kier molecular flexibility index (Phi) is 3.57. The molecule has 19 heavy (non-hydrogen) atoms. The summed E-state index contributed by atoms with van der Waals surface area (Å²) in [5.74, 6) is -1.07. The van der Waals surface area contributed by atoms with Crippen LogP contribution in [-0.2, 0) is 11.3 Å². The van der Waals surface area contributed by atoms with Crippen LogP contribution in [0.25, 0.3) is 11.1 Å². The Morgan fingerprint density at radius 2 is 2.05 bits per heavy atom. The number of carbonyl (C=O) groups is 1. The fraction of sp³-hybridized carbons (Fsp3) is 0.0769. The van der Waals surface area contributed by atoms with Gasteiger partial charge in [0.25, 0.3) is 5.56 Å². The molecule has 0 aliphatic heterocycles. The van der Waals surface area contributed by atoms with E-state index in [2.05, 4.69) is 0 Å². The Bertz CT molecular complexity index is 695. The van der Waals surface area contributed by atoms with Crippen LogP contribution in [0.1, 0.15) is 0 Å². The first-order valence-corrected chi connectivity index (χ1v) is 5.83. The van der Waals surface area contributed by atoms with Gasteiger partial charge in [0.2, 0.25) is 0 Å². The van der Waals surface area contributed by atoms with Crippen LogP contribution in [0.15, 0.2) is 41.3 Å². The summed E-state index contributed by atoms with van der Waals surface area (Å²) in [5, 5.41) is 9.17. The molecule has 0 spiro atoms. The predicted molar refractivity (Wildman–Crippen MR) is 73.2 cm³/mol. The standard InChI is InChI=1S/C13H11ClN2O3/c14-9-1-2-11(15)10(6-9)8-3-4-16(7-13(18)19)12(17)5-8/h1-6H,7,15H2,(H,18,19). The highest BCUT2D eigenvalue weighted by Crippen LogP contribution is 2.27. The minimum absolute atomic E-state index is 0.371. The van der Waals surface area contributed by atoms with Crippen molar-refractivity contribution in [3.8, 4) is 11.1 Å². The number of rotatable bonds is 3. The normalized spacial score (nSPS) is 10.4. The van der Waals surface area contributed by atoms with E-state index in [1.807, 2.05) is 0 Å². The molecule has 0 saturated heterocycles. The van der Waals surface area contributed by atoms with E-state index in [9.17, 15) is 9.59 Å². The first-order valence-electron chi connectivity index (χ1n) is 5.45. The van der Waals surface area contributed by atoms with Gasteiger partial charge in [-0.25, -0.2) is 0 Å². The monoisotopic (exact) mass is 278 g/mol. The molecule has 1 aromatic carbocycles. The molecule has 2 rings (SSSR count). The number of hydrogen-bond acceptors (Lipinski definition) is 3. The van der Waals surface area contributed by atoms with Crippen molar-refractivity contribution in [1.82, 2.24) is 4.57 Å². The summed E-state index contributed by atoms with van der Waals surface area (Å²) in [6, 6.07) is 7.94. The fourth-order valence-corrected chi connectivity index (χ4v) is 1.90. The van der Waals surface area contributed by atoms with Gasteiger partial charge in [0.15, 0.2) is 0 Å². The quantitative estimate of drug-likeness (QED) is 0.839. The number of aliphatic carboxylic acids is 1. The van der Waals surface area contributed by atoms with Gasteiger partial charge in [-0.15, -0.1) is 0 Å². The fourth-order valence-electron chi connectivity index (χ4n) is 1.73. The number of anilines is 1. The minimum atomic E-state index is -1.07. The summed E-state index contributed by atoms with van der Waals surface area (Å²) < 4.78 is 1.10. The average molecular weight is 279 g/mol. The van der Waals surface area contributed by atoms with Gasteiger partial charge < -0.3 is 15.4 Å². The number of aromatic nitrogens is 1. The van der Waals surface area contributed by atoms with E-state index >= 15 is 0 Å². The average Bonchev–Trinajstić information content (AvgIpc) is 2.34. The SMILES string of the molecule is Nc1ccc(Cl)cc1-c1ccn(CC(=O)O)c(=O)c1. The van der Waals surface area contributed by atoms with Crippen molar-refractivity contribution >= 4 is 23.3 Å². The first-order chi connectivity index (χ1) is 8.97. The zero-order valence-corrected chi connectivity index (χ0v) is 10.6. The van der Waals surface area contributed by atoms with Gasteiger partial charge >= 0.3 is 5.97 Å². The number of nitrogens with zero attached hydrogens (tertiary/aromatic N) is 1. The Morgan fingerprint density at radius 1 is 1.32 bits per heavy atom. The Hall–Kier alpha value is -2.27. The second kappa shape index (κ2) is 5.16. The maximum absolute atomic E-state index is 11.8. The summed E-state index contributed by atoms with van der Waals surface area (Å²) in [7, 11) is 0. The van der Waals surface area contributed by atoms with Crippen LogP contribution < -0.4 is 11.3 Å². The van der Waals surface area contributed by atoms with E-state index in [4.69, 9.17) is 22.4 Å². The molecule has 1 heterocycles. The van der Waals surface area contributed by atoms with Crippen LogP contribution in [0.4, 0.5) is 5.69 Å². The Morgan fingerprint density at radius 3 is 2.68 bits per heavy atom. The number of pyridine rings is 1. The molecule has 0 fully saturated rings. The zero-order valence-electron chi connectivity index (χ0n) is 9.84. The highest BCUT2D eigenvalue weighted by atomic mass is 35.5. The molecule has 6 heteroatoms. The van der Waals surface area contributed by atoms with Crippen LogP contribution in [0.2, 0.25) is 5.02 Å². The maximum atomic E-state index is 11.8. The van der Waals surface area contributed by atoms with Crippen LogP contribution in [-0.4, -0.2) is 15.6 Å². The molecule has 0 aliphatic rings. The lowest BCUT2D eigenvalue weighted by atomic mass is 10.1. The van der Waals surface area contributed by atoms with Gasteiger partial charge in [-0.2, -0.15) is 0 Å². The smallest absolute Gasteiger partial charge is 0.323 e. The molecule has 0 bridgehead atoms. The van der Waals surface area contributed by atoms with E-state index < -0.39 is 11.5 Å². The lowest BCUT2D eigenvalue weighted by Crippen LogP contribution is -2.22.